The molecule has 2 aliphatic rings. The van der Waals surface area contributed by atoms with Crippen molar-refractivity contribution in [3.05, 3.63) is 31.5 Å². The van der Waals surface area contributed by atoms with E-state index in [-0.39, 0.29) is 12.3 Å². The number of rotatable bonds is 3. The van der Waals surface area contributed by atoms with Gasteiger partial charge >= 0.3 is 0 Å². The van der Waals surface area contributed by atoms with E-state index in [2.05, 4.69) is 10.9 Å². The van der Waals surface area contributed by atoms with Crippen LogP contribution in [0, 0.1) is 16.0 Å². The van der Waals surface area contributed by atoms with E-state index in [0.717, 1.165) is 25.7 Å². The van der Waals surface area contributed by atoms with Gasteiger partial charge in [-0.05, 0) is 37.3 Å². The van der Waals surface area contributed by atoms with Crippen LogP contribution in [0.4, 0.5) is 0 Å². The van der Waals surface area contributed by atoms with Gasteiger partial charge in [-0.15, -0.1) is 11.3 Å². The summed E-state index contributed by atoms with van der Waals surface area (Å²) in [6.07, 6.45) is 5.75. The fraction of sp³-hybridized carbons (Fsp3) is 0.571. The van der Waals surface area contributed by atoms with E-state index >= 15 is 0 Å². The summed E-state index contributed by atoms with van der Waals surface area (Å²) in [5.74, 6) is -1.48. The molecule has 8 heteroatoms. The Labute approximate surface area is 131 Å². The Balaban J connectivity index is 1.54. The molecule has 0 radical (unpaired) electrons. The van der Waals surface area contributed by atoms with Crippen LogP contribution in [0.15, 0.2) is 6.07 Å². The summed E-state index contributed by atoms with van der Waals surface area (Å²) in [7, 11) is 0. The van der Waals surface area contributed by atoms with Crippen LogP contribution in [-0.4, -0.2) is 22.8 Å². The largest absolute Gasteiger partial charge is 0.279 e. The number of thiophene rings is 1. The van der Waals surface area contributed by atoms with Crippen LogP contribution in [0.1, 0.15) is 45.8 Å². The van der Waals surface area contributed by atoms with Crippen molar-refractivity contribution in [3.8, 4) is 0 Å². The first-order valence-corrected chi connectivity index (χ1v) is 8.23. The Morgan fingerprint density at radius 2 is 2.00 bits per heavy atom. The van der Waals surface area contributed by atoms with Crippen molar-refractivity contribution in [1.82, 2.24) is 10.9 Å². The van der Waals surface area contributed by atoms with Crippen molar-refractivity contribution < 1.29 is 14.5 Å². The second-order valence-electron chi connectivity index (χ2n) is 5.76. The molecule has 2 aliphatic carbocycles. The number of fused-ring (bicyclic) bond motifs is 1. The van der Waals surface area contributed by atoms with Crippen molar-refractivity contribution in [3.63, 3.8) is 0 Å². The normalized spacial score (nSPS) is 23.1. The number of amides is 2. The predicted octanol–water partition coefficient (Wildman–Crippen LogP) is 1.44. The van der Waals surface area contributed by atoms with Crippen LogP contribution >= 0.6 is 11.3 Å². The Morgan fingerprint density at radius 3 is 2.73 bits per heavy atom. The molecule has 1 saturated carbocycles. The van der Waals surface area contributed by atoms with E-state index in [9.17, 15) is 19.7 Å². The number of aryl methyl sites for hydroxylation is 2. The lowest BCUT2D eigenvalue weighted by Crippen LogP contribution is -2.42. The van der Waals surface area contributed by atoms with E-state index in [1.807, 2.05) is 6.07 Å². The number of carbonyl (C=O) groups is 2. The number of hydrogen-bond acceptors (Lipinski definition) is 5. The number of hydrazine groups is 1. The van der Waals surface area contributed by atoms with Crippen LogP contribution < -0.4 is 10.9 Å². The zero-order valence-electron chi connectivity index (χ0n) is 12.0. The zero-order chi connectivity index (χ0) is 15.7. The van der Waals surface area contributed by atoms with E-state index in [0.29, 0.717) is 4.88 Å². The van der Waals surface area contributed by atoms with Crippen LogP contribution in [0.3, 0.4) is 0 Å². The summed E-state index contributed by atoms with van der Waals surface area (Å²) >= 11 is 1.47. The number of nitro groups is 1. The van der Waals surface area contributed by atoms with Gasteiger partial charge in [0.15, 0.2) is 0 Å². The Bertz CT molecular complexity index is 604. The molecule has 0 aromatic carbocycles. The molecule has 1 heterocycles. The SMILES string of the molecule is O=C(NNC(=O)[C@H]1C[C@@H]1[N+](=O)[O-])c1cc2c(s1)CCCCC2. The molecule has 22 heavy (non-hydrogen) atoms. The number of hydrogen-bond donors (Lipinski definition) is 2. The standard InChI is InChI=1S/C14H17N3O4S/c18-13(9-7-10(9)17(20)21)15-16-14(19)12-6-8-4-2-1-3-5-11(8)22-12/h6,9-10H,1-5,7H2,(H,15,18)(H,16,19)/t9-,10-/m0/s1. The smallest absolute Gasteiger partial charge is 0.273 e. The first-order chi connectivity index (χ1) is 10.6. The van der Waals surface area contributed by atoms with Crippen molar-refractivity contribution >= 4 is 23.2 Å². The van der Waals surface area contributed by atoms with E-state index in [1.165, 1.54) is 28.2 Å². The third kappa shape index (κ3) is 3.11. The molecule has 7 nitrogen and oxygen atoms in total. The van der Waals surface area contributed by atoms with Crippen molar-refractivity contribution in [2.75, 3.05) is 0 Å². The Hall–Kier alpha value is -1.96. The maximum Gasteiger partial charge on any atom is 0.279 e. The molecule has 118 valence electrons. The van der Waals surface area contributed by atoms with E-state index in [4.69, 9.17) is 0 Å². The van der Waals surface area contributed by atoms with Crippen molar-refractivity contribution in [1.29, 1.82) is 0 Å². The van der Waals surface area contributed by atoms with Gasteiger partial charge in [-0.3, -0.25) is 30.6 Å². The summed E-state index contributed by atoms with van der Waals surface area (Å²) in [6, 6.07) is 1.08. The minimum atomic E-state index is -0.810. The van der Waals surface area contributed by atoms with Gasteiger partial charge in [0.1, 0.15) is 5.92 Å². The van der Waals surface area contributed by atoms with Crippen LogP contribution in [-0.2, 0) is 17.6 Å². The minimum Gasteiger partial charge on any atom is -0.273 e. The minimum absolute atomic E-state index is 0.238. The van der Waals surface area contributed by atoms with Gasteiger partial charge in [-0.1, -0.05) is 6.42 Å². The van der Waals surface area contributed by atoms with Crippen molar-refractivity contribution in [2.45, 2.75) is 44.6 Å². The highest BCUT2D eigenvalue weighted by Crippen LogP contribution is 2.33. The van der Waals surface area contributed by atoms with Gasteiger partial charge in [-0.25, -0.2) is 0 Å². The summed E-state index contributed by atoms with van der Waals surface area (Å²) in [6.45, 7) is 0. The van der Waals surface area contributed by atoms with E-state index in [1.54, 1.807) is 0 Å². The van der Waals surface area contributed by atoms with E-state index < -0.39 is 22.8 Å². The molecular weight excluding hydrogens is 306 g/mol. The molecule has 2 atom stereocenters. The molecule has 0 unspecified atom stereocenters. The maximum atomic E-state index is 12.1. The van der Waals surface area contributed by atoms with Gasteiger partial charge in [0.25, 0.3) is 5.91 Å². The van der Waals surface area contributed by atoms with Crippen LogP contribution in [0.5, 0.6) is 0 Å². The highest BCUT2D eigenvalue weighted by Gasteiger charge is 2.53. The average Bonchev–Trinajstić information content (AvgIpc) is 3.24. The highest BCUT2D eigenvalue weighted by atomic mass is 32.1. The molecule has 1 aromatic heterocycles. The Morgan fingerprint density at radius 1 is 1.23 bits per heavy atom. The van der Waals surface area contributed by atoms with Gasteiger partial charge < -0.3 is 0 Å². The molecule has 0 bridgehead atoms. The lowest BCUT2D eigenvalue weighted by molar-refractivity contribution is -0.497. The summed E-state index contributed by atoms with van der Waals surface area (Å²) in [4.78, 5) is 35.6. The molecule has 1 fully saturated rings. The zero-order valence-corrected chi connectivity index (χ0v) is 12.8. The second-order valence-corrected chi connectivity index (χ2v) is 6.89. The third-order valence-electron chi connectivity index (χ3n) is 4.13. The quantitative estimate of drug-likeness (QED) is 0.499. The third-order valence-corrected chi connectivity index (χ3v) is 5.37. The lowest BCUT2D eigenvalue weighted by Gasteiger charge is -2.04. The molecule has 2 N–H and O–H groups in total. The number of carbonyl (C=O) groups excluding carboxylic acids is 2. The predicted molar refractivity (Wildman–Crippen MR) is 80.1 cm³/mol. The van der Waals surface area contributed by atoms with Crippen LogP contribution in [0.25, 0.3) is 0 Å². The molecule has 0 spiro atoms. The average molecular weight is 323 g/mol. The molecule has 1 aromatic rings. The fourth-order valence-electron chi connectivity index (χ4n) is 2.75. The highest BCUT2D eigenvalue weighted by molar-refractivity contribution is 7.14. The topological polar surface area (TPSA) is 101 Å². The molecule has 0 saturated heterocycles. The second kappa shape index (κ2) is 6.04. The lowest BCUT2D eigenvalue weighted by atomic mass is 10.1. The summed E-state index contributed by atoms with van der Waals surface area (Å²) in [5.41, 5.74) is 5.87. The summed E-state index contributed by atoms with van der Waals surface area (Å²) in [5, 5.41) is 10.5. The van der Waals surface area contributed by atoms with Gasteiger partial charge in [0.2, 0.25) is 11.9 Å². The number of nitrogens with zero attached hydrogens (tertiary/aromatic N) is 1. The monoisotopic (exact) mass is 323 g/mol. The first-order valence-electron chi connectivity index (χ1n) is 7.41. The van der Waals surface area contributed by atoms with Gasteiger partial charge in [0.05, 0.1) is 4.88 Å². The Kier molecular flexibility index (Phi) is 4.10. The van der Waals surface area contributed by atoms with Gasteiger partial charge in [-0.2, -0.15) is 0 Å². The fourth-order valence-corrected chi connectivity index (χ4v) is 3.90. The van der Waals surface area contributed by atoms with Crippen LogP contribution in [0.2, 0.25) is 0 Å². The molecule has 2 amide bonds. The maximum absolute atomic E-state index is 12.1. The number of nitrogens with one attached hydrogen (secondary N) is 2. The molecular formula is C14H17N3O4S. The van der Waals surface area contributed by atoms with Gasteiger partial charge in [0, 0.05) is 16.2 Å². The summed E-state index contributed by atoms with van der Waals surface area (Å²) < 4.78 is 0. The molecule has 0 aliphatic heterocycles. The first kappa shape index (κ1) is 15.0. The molecule has 3 rings (SSSR count). The van der Waals surface area contributed by atoms with Crippen molar-refractivity contribution in [2.24, 2.45) is 5.92 Å².